The smallest absolute Gasteiger partial charge is 0.305 e. The van der Waals surface area contributed by atoms with Crippen LogP contribution >= 0.6 is 0 Å². The van der Waals surface area contributed by atoms with E-state index in [2.05, 4.69) is 30.6 Å². The number of ether oxygens (including phenoxy) is 1. The van der Waals surface area contributed by atoms with Crippen molar-refractivity contribution in [2.45, 2.75) is 37.8 Å². The molecule has 0 aliphatic carbocycles. The van der Waals surface area contributed by atoms with Crippen molar-refractivity contribution in [1.29, 1.82) is 0 Å². The largest absolute Gasteiger partial charge is 0.469 e. The predicted octanol–water partition coefficient (Wildman–Crippen LogP) is -0.373. The second kappa shape index (κ2) is 7.43. The van der Waals surface area contributed by atoms with Crippen molar-refractivity contribution in [1.82, 2.24) is 40.2 Å². The quantitative estimate of drug-likeness (QED) is 0.680. The standard InChI is InChI=1S/C16H22N8O3/c1-27-15(25)3-2-6-22-7-4-13-12(22)5-8-23(13)16(26)11-9-14(19-18-11)24-10-17-20-21-24/h9-10,12-13H,2-8H2,1H3,(H,18,19)/t12-,13-/m0/s1. The molecule has 2 aromatic heterocycles. The van der Waals surface area contributed by atoms with Crippen LogP contribution in [-0.4, -0.2) is 90.9 Å². The number of carbonyl (C=O) groups excluding carboxylic acids is 2. The number of hydrogen-bond acceptors (Lipinski definition) is 8. The fraction of sp³-hybridized carbons (Fsp3) is 0.625. The molecule has 0 unspecified atom stereocenters. The van der Waals surface area contributed by atoms with Gasteiger partial charge in [-0.3, -0.25) is 19.6 Å². The van der Waals surface area contributed by atoms with E-state index in [1.165, 1.54) is 18.1 Å². The Morgan fingerprint density at radius 1 is 1.30 bits per heavy atom. The lowest BCUT2D eigenvalue weighted by Crippen LogP contribution is -2.40. The number of rotatable bonds is 6. The maximum atomic E-state index is 12.9. The first kappa shape index (κ1) is 17.6. The number of fused-ring (bicyclic) bond motifs is 1. The van der Waals surface area contributed by atoms with Gasteiger partial charge in [0.15, 0.2) is 5.82 Å². The van der Waals surface area contributed by atoms with E-state index in [9.17, 15) is 9.59 Å². The van der Waals surface area contributed by atoms with E-state index >= 15 is 0 Å². The molecule has 144 valence electrons. The minimum absolute atomic E-state index is 0.0502. The Bertz CT molecular complexity index is 804. The van der Waals surface area contributed by atoms with Crippen LogP contribution in [0.4, 0.5) is 0 Å². The number of likely N-dealkylation sites (tertiary alicyclic amines) is 2. The summed E-state index contributed by atoms with van der Waals surface area (Å²) < 4.78 is 6.10. The minimum Gasteiger partial charge on any atom is -0.469 e. The molecule has 1 amide bonds. The first-order chi connectivity index (χ1) is 13.2. The molecule has 1 N–H and O–H groups in total. The van der Waals surface area contributed by atoms with Gasteiger partial charge in [-0.25, -0.2) is 0 Å². The summed E-state index contributed by atoms with van der Waals surface area (Å²) in [6.07, 6.45) is 4.53. The highest BCUT2D eigenvalue weighted by Crippen LogP contribution is 2.32. The zero-order chi connectivity index (χ0) is 18.8. The maximum absolute atomic E-state index is 12.9. The first-order valence-electron chi connectivity index (χ1n) is 9.08. The Balaban J connectivity index is 1.37. The van der Waals surface area contributed by atoms with Crippen molar-refractivity contribution < 1.29 is 14.3 Å². The number of aromatic nitrogens is 6. The number of esters is 1. The van der Waals surface area contributed by atoms with Crippen molar-refractivity contribution in [2.24, 2.45) is 0 Å². The molecule has 2 aromatic rings. The van der Waals surface area contributed by atoms with E-state index in [4.69, 9.17) is 4.74 Å². The van der Waals surface area contributed by atoms with Gasteiger partial charge in [-0.05, 0) is 36.2 Å². The number of aromatic amines is 1. The number of H-pyrrole nitrogens is 1. The number of nitrogens with zero attached hydrogens (tertiary/aromatic N) is 7. The van der Waals surface area contributed by atoms with Crippen LogP contribution in [0.1, 0.15) is 36.2 Å². The van der Waals surface area contributed by atoms with Gasteiger partial charge in [-0.1, -0.05) is 0 Å². The molecule has 11 nitrogen and oxygen atoms in total. The normalized spacial score (nSPS) is 22.2. The molecule has 4 heterocycles. The Kier molecular flexibility index (Phi) is 4.84. The van der Waals surface area contributed by atoms with Gasteiger partial charge in [0.25, 0.3) is 5.91 Å². The van der Waals surface area contributed by atoms with E-state index in [0.717, 1.165) is 38.9 Å². The molecule has 27 heavy (non-hydrogen) atoms. The first-order valence-corrected chi connectivity index (χ1v) is 9.08. The molecule has 2 atom stereocenters. The molecule has 2 fully saturated rings. The van der Waals surface area contributed by atoms with Gasteiger partial charge in [0.2, 0.25) is 0 Å². The van der Waals surface area contributed by atoms with Gasteiger partial charge >= 0.3 is 5.97 Å². The van der Waals surface area contributed by atoms with Gasteiger partial charge in [-0.15, -0.1) is 5.10 Å². The molecule has 0 spiro atoms. The maximum Gasteiger partial charge on any atom is 0.305 e. The van der Waals surface area contributed by atoms with Gasteiger partial charge < -0.3 is 9.64 Å². The summed E-state index contributed by atoms with van der Waals surface area (Å²) in [6.45, 7) is 2.52. The Labute approximate surface area is 155 Å². The van der Waals surface area contributed by atoms with Crippen molar-refractivity contribution in [2.75, 3.05) is 26.7 Å². The lowest BCUT2D eigenvalue weighted by molar-refractivity contribution is -0.140. The van der Waals surface area contributed by atoms with Crippen LogP contribution in [0.2, 0.25) is 0 Å². The van der Waals surface area contributed by atoms with E-state index in [0.29, 0.717) is 24.0 Å². The number of tetrazole rings is 1. The van der Waals surface area contributed by atoms with E-state index in [1.807, 2.05) is 4.90 Å². The summed E-state index contributed by atoms with van der Waals surface area (Å²) >= 11 is 0. The summed E-state index contributed by atoms with van der Waals surface area (Å²) in [5, 5.41) is 17.8. The molecule has 4 rings (SSSR count). The zero-order valence-corrected chi connectivity index (χ0v) is 15.1. The lowest BCUT2D eigenvalue weighted by Gasteiger charge is -2.25. The second-order valence-corrected chi connectivity index (χ2v) is 6.82. The molecule has 2 aliphatic rings. The van der Waals surface area contributed by atoms with Crippen molar-refractivity contribution in [3.05, 3.63) is 18.1 Å². The summed E-state index contributed by atoms with van der Waals surface area (Å²) in [6, 6.07) is 2.22. The molecule has 0 saturated carbocycles. The average molecular weight is 374 g/mol. The summed E-state index contributed by atoms with van der Waals surface area (Å²) in [5.41, 5.74) is 0.435. The molecular weight excluding hydrogens is 352 g/mol. The Morgan fingerprint density at radius 3 is 2.93 bits per heavy atom. The van der Waals surface area contributed by atoms with Crippen LogP contribution in [0.3, 0.4) is 0 Å². The minimum atomic E-state index is -0.174. The van der Waals surface area contributed by atoms with Crippen molar-refractivity contribution in [3.63, 3.8) is 0 Å². The van der Waals surface area contributed by atoms with Crippen LogP contribution in [0.5, 0.6) is 0 Å². The number of amides is 1. The van der Waals surface area contributed by atoms with Crippen LogP contribution < -0.4 is 0 Å². The van der Waals surface area contributed by atoms with Crippen LogP contribution in [-0.2, 0) is 9.53 Å². The molecule has 0 radical (unpaired) electrons. The average Bonchev–Trinajstić information content (AvgIpc) is 3.45. The lowest BCUT2D eigenvalue weighted by atomic mass is 10.1. The fourth-order valence-electron chi connectivity index (χ4n) is 4.09. The fourth-order valence-corrected chi connectivity index (χ4v) is 4.09. The number of methoxy groups -OCH3 is 1. The van der Waals surface area contributed by atoms with Gasteiger partial charge in [0.1, 0.15) is 12.0 Å². The molecule has 0 aromatic carbocycles. The monoisotopic (exact) mass is 374 g/mol. The SMILES string of the molecule is COC(=O)CCCN1CC[C@H]2[C@@H]1CCN2C(=O)c1cc(-n2cnnn2)n[nH]1. The predicted molar refractivity (Wildman–Crippen MR) is 92.0 cm³/mol. The highest BCUT2D eigenvalue weighted by atomic mass is 16.5. The van der Waals surface area contributed by atoms with E-state index in [-0.39, 0.29) is 17.9 Å². The van der Waals surface area contributed by atoms with Gasteiger partial charge in [-0.2, -0.15) is 9.78 Å². The number of carbonyl (C=O) groups is 2. The third-order valence-electron chi connectivity index (χ3n) is 5.38. The van der Waals surface area contributed by atoms with Crippen molar-refractivity contribution >= 4 is 11.9 Å². The van der Waals surface area contributed by atoms with Gasteiger partial charge in [0, 0.05) is 37.7 Å². The number of hydrogen-bond donors (Lipinski definition) is 1. The molecule has 2 aliphatic heterocycles. The van der Waals surface area contributed by atoms with E-state index < -0.39 is 0 Å². The number of nitrogens with one attached hydrogen (secondary N) is 1. The molecule has 0 bridgehead atoms. The summed E-state index contributed by atoms with van der Waals surface area (Å²) in [5.74, 6) is 0.257. The highest BCUT2D eigenvalue weighted by Gasteiger charge is 2.44. The summed E-state index contributed by atoms with van der Waals surface area (Å²) in [7, 11) is 1.41. The van der Waals surface area contributed by atoms with Crippen LogP contribution in [0.25, 0.3) is 5.82 Å². The van der Waals surface area contributed by atoms with Crippen LogP contribution in [0.15, 0.2) is 12.4 Å². The third kappa shape index (κ3) is 3.42. The van der Waals surface area contributed by atoms with Crippen LogP contribution in [0, 0.1) is 0 Å². The van der Waals surface area contributed by atoms with Gasteiger partial charge in [0.05, 0.1) is 7.11 Å². The molecular formula is C16H22N8O3. The summed E-state index contributed by atoms with van der Waals surface area (Å²) in [4.78, 5) is 28.5. The second-order valence-electron chi connectivity index (χ2n) is 6.82. The molecule has 11 heteroatoms. The Morgan fingerprint density at radius 2 is 2.15 bits per heavy atom. The van der Waals surface area contributed by atoms with E-state index in [1.54, 1.807) is 6.07 Å². The zero-order valence-electron chi connectivity index (χ0n) is 15.1. The van der Waals surface area contributed by atoms with Crippen molar-refractivity contribution in [3.8, 4) is 5.82 Å². The third-order valence-corrected chi connectivity index (χ3v) is 5.38. The Hall–Kier alpha value is -2.82. The topological polar surface area (TPSA) is 122 Å². The molecule has 2 saturated heterocycles. The highest BCUT2D eigenvalue weighted by molar-refractivity contribution is 5.93.